The van der Waals surface area contributed by atoms with Gasteiger partial charge in [-0.3, -0.25) is 0 Å². The van der Waals surface area contributed by atoms with Crippen molar-refractivity contribution in [2.75, 3.05) is 38.7 Å². The number of nitrogens with one attached hydrogen (secondary N) is 1. The zero-order chi connectivity index (χ0) is 28.7. The fourth-order valence-electron chi connectivity index (χ4n) is 4.41. The summed E-state index contributed by atoms with van der Waals surface area (Å²) in [4.78, 5) is 25.2. The summed E-state index contributed by atoms with van der Waals surface area (Å²) in [5, 5.41) is 3.53. The molecule has 214 valence electrons. The lowest BCUT2D eigenvalue weighted by Gasteiger charge is -2.32. The van der Waals surface area contributed by atoms with Gasteiger partial charge in [0.15, 0.2) is 17.2 Å². The van der Waals surface area contributed by atoms with Crippen molar-refractivity contribution in [2.24, 2.45) is 0 Å². The highest BCUT2D eigenvalue weighted by Crippen LogP contribution is 2.46. The molecule has 1 aromatic heterocycles. The van der Waals surface area contributed by atoms with Crippen molar-refractivity contribution in [2.45, 2.75) is 31.6 Å². The summed E-state index contributed by atoms with van der Waals surface area (Å²) in [6, 6.07) is 17.1. The highest BCUT2D eigenvalue weighted by Gasteiger charge is 2.29. The van der Waals surface area contributed by atoms with Gasteiger partial charge in [0.25, 0.3) is 0 Å². The zero-order valence-electron chi connectivity index (χ0n) is 22.2. The molecule has 1 aliphatic heterocycles. The first-order chi connectivity index (χ1) is 19.2. The van der Waals surface area contributed by atoms with Gasteiger partial charge in [-0.15, -0.1) is 11.3 Å². The number of benzene rings is 2. The molecule has 2 aromatic carbocycles. The molecule has 9 nitrogen and oxygen atoms in total. The molecule has 1 saturated heterocycles. The average molecular weight is 652 g/mol. The molecule has 40 heavy (non-hydrogen) atoms. The summed E-state index contributed by atoms with van der Waals surface area (Å²) in [5.74, 6) is -0.882. The van der Waals surface area contributed by atoms with Crippen LogP contribution in [-0.2, 0) is 30.0 Å². The van der Waals surface area contributed by atoms with E-state index in [0.29, 0.717) is 30.4 Å². The quantitative estimate of drug-likeness (QED) is 0.278. The Hall–Kier alpha value is -2.93. The van der Waals surface area contributed by atoms with Crippen LogP contribution in [0.1, 0.15) is 35.0 Å². The van der Waals surface area contributed by atoms with E-state index in [-0.39, 0.29) is 35.6 Å². The number of rotatable bonds is 11. The Balaban J connectivity index is 1.44. The number of carbonyl (C=O) groups is 2. The van der Waals surface area contributed by atoms with Gasteiger partial charge in [-0.1, -0.05) is 42.5 Å². The van der Waals surface area contributed by atoms with Crippen molar-refractivity contribution >= 4 is 54.9 Å². The lowest BCUT2D eigenvalue weighted by Crippen LogP contribution is -2.42. The van der Waals surface area contributed by atoms with Gasteiger partial charge in [0.05, 0.1) is 28.8 Å². The van der Waals surface area contributed by atoms with E-state index in [4.69, 9.17) is 14.2 Å². The number of hydrogen-bond donors (Lipinski definition) is 1. The van der Waals surface area contributed by atoms with Gasteiger partial charge < -0.3 is 19.5 Å². The Bertz CT molecular complexity index is 1440. The van der Waals surface area contributed by atoms with Gasteiger partial charge in [0.2, 0.25) is 10.0 Å². The number of anilines is 1. The molecule has 4 rings (SSSR count). The number of thiophene rings is 1. The summed E-state index contributed by atoms with van der Waals surface area (Å²) < 4.78 is 43.4. The smallest absolute Gasteiger partial charge is 0.351 e. The molecule has 1 aliphatic rings. The van der Waals surface area contributed by atoms with Crippen molar-refractivity contribution in [1.82, 2.24) is 4.31 Å². The number of hydrogen-bond acceptors (Lipinski definition) is 9. The summed E-state index contributed by atoms with van der Waals surface area (Å²) in [6.45, 7) is 2.49. The number of methoxy groups -OCH3 is 1. The first-order valence-corrected chi connectivity index (χ1v) is 16.0. The number of halogens is 1. The molecule has 0 atom stereocenters. The number of esters is 2. The summed E-state index contributed by atoms with van der Waals surface area (Å²) in [7, 11) is -2.10. The van der Waals surface area contributed by atoms with Gasteiger partial charge in [-0.25, -0.2) is 22.3 Å². The third kappa shape index (κ3) is 7.42. The molecule has 1 N–H and O–H groups in total. The maximum atomic E-state index is 12.9. The first kappa shape index (κ1) is 30.0. The Morgan fingerprint density at radius 3 is 2.50 bits per heavy atom. The molecule has 0 saturated carbocycles. The molecule has 12 heteroatoms. The number of piperidine rings is 1. The van der Waals surface area contributed by atoms with Crippen LogP contribution >= 0.6 is 27.3 Å². The Kier molecular flexibility index (Phi) is 10.2. The van der Waals surface area contributed by atoms with Crippen molar-refractivity contribution in [3.63, 3.8) is 0 Å². The lowest BCUT2D eigenvalue weighted by molar-refractivity contribution is -0.145. The minimum Gasteiger partial charge on any atom is -0.479 e. The van der Waals surface area contributed by atoms with Crippen molar-refractivity contribution in [3.05, 3.63) is 69.5 Å². The molecule has 3 aromatic rings. The highest BCUT2D eigenvalue weighted by atomic mass is 79.9. The number of nitrogens with zero attached hydrogens (tertiary/aromatic N) is 1. The van der Waals surface area contributed by atoms with Crippen LogP contribution in [0.2, 0.25) is 0 Å². The predicted octanol–water partition coefficient (Wildman–Crippen LogP) is 5.31. The Labute approximate surface area is 246 Å². The monoisotopic (exact) mass is 650 g/mol. The van der Waals surface area contributed by atoms with Crippen LogP contribution in [0.25, 0.3) is 10.4 Å². The standard InChI is InChI=1S/C28H31BrN2O7S2/c1-3-37-23(32)17-38-25-24(29)26(39-27(25)28(33)36-2)20-10-7-11-22(16-20)30-21-12-14-31(15-13-21)40(34,35)18-19-8-5-4-6-9-19/h4-11,16,21,30H,3,12-15,17-18H2,1-2H3. The van der Waals surface area contributed by atoms with Crippen LogP contribution in [0.4, 0.5) is 5.69 Å². The third-order valence-electron chi connectivity index (χ3n) is 6.35. The van der Waals surface area contributed by atoms with E-state index in [1.807, 2.05) is 54.6 Å². The maximum absolute atomic E-state index is 12.9. The van der Waals surface area contributed by atoms with Crippen LogP contribution in [0, 0.1) is 0 Å². The van der Waals surface area contributed by atoms with Crippen molar-refractivity contribution in [1.29, 1.82) is 0 Å². The van der Waals surface area contributed by atoms with Crippen LogP contribution in [-0.4, -0.2) is 64.1 Å². The molecule has 0 spiro atoms. The second kappa shape index (κ2) is 13.6. The summed E-state index contributed by atoms with van der Waals surface area (Å²) in [6.07, 6.45) is 1.36. The van der Waals surface area contributed by atoms with Crippen LogP contribution < -0.4 is 10.1 Å². The van der Waals surface area contributed by atoms with Gasteiger partial charge in [-0.2, -0.15) is 0 Å². The summed E-state index contributed by atoms with van der Waals surface area (Å²) in [5.41, 5.74) is 2.49. The third-order valence-corrected chi connectivity index (χ3v) is 10.4. The second-order valence-electron chi connectivity index (χ2n) is 9.13. The molecular formula is C28H31BrN2O7S2. The minimum atomic E-state index is -3.38. The molecule has 1 fully saturated rings. The van der Waals surface area contributed by atoms with Crippen LogP contribution in [0.5, 0.6) is 5.75 Å². The largest absolute Gasteiger partial charge is 0.479 e. The zero-order valence-corrected chi connectivity index (χ0v) is 25.4. The fourth-order valence-corrected chi connectivity index (χ4v) is 7.94. The Morgan fingerprint density at radius 2 is 1.82 bits per heavy atom. The summed E-state index contributed by atoms with van der Waals surface area (Å²) >= 11 is 4.74. The number of ether oxygens (including phenoxy) is 3. The van der Waals surface area contributed by atoms with E-state index in [1.54, 1.807) is 11.2 Å². The van der Waals surface area contributed by atoms with E-state index in [1.165, 1.54) is 18.4 Å². The molecular weight excluding hydrogens is 620 g/mol. The van der Waals surface area contributed by atoms with E-state index < -0.39 is 22.0 Å². The van der Waals surface area contributed by atoms with Crippen molar-refractivity contribution < 1.29 is 32.2 Å². The number of carbonyl (C=O) groups excluding carboxylic acids is 2. The molecule has 0 radical (unpaired) electrons. The van der Waals surface area contributed by atoms with Gasteiger partial charge >= 0.3 is 11.9 Å². The second-order valence-corrected chi connectivity index (χ2v) is 12.9. The van der Waals surface area contributed by atoms with Crippen molar-refractivity contribution in [3.8, 4) is 16.2 Å². The van der Waals surface area contributed by atoms with E-state index >= 15 is 0 Å². The van der Waals surface area contributed by atoms with E-state index in [0.717, 1.165) is 21.7 Å². The van der Waals surface area contributed by atoms with Gasteiger partial charge in [-0.05, 0) is 59.0 Å². The first-order valence-electron chi connectivity index (χ1n) is 12.8. The number of sulfonamides is 1. The highest BCUT2D eigenvalue weighted by molar-refractivity contribution is 9.10. The SMILES string of the molecule is CCOC(=O)COc1c(C(=O)OC)sc(-c2cccc(NC3CCN(S(=O)(=O)Cc4ccccc4)CC3)c2)c1Br. The van der Waals surface area contributed by atoms with E-state index in [2.05, 4.69) is 21.2 Å². The molecule has 0 amide bonds. The van der Waals surface area contributed by atoms with Crippen LogP contribution in [0.15, 0.2) is 59.1 Å². The minimum absolute atomic E-state index is 0.00270. The topological polar surface area (TPSA) is 111 Å². The average Bonchev–Trinajstić information content (AvgIpc) is 3.28. The predicted molar refractivity (Wildman–Crippen MR) is 158 cm³/mol. The van der Waals surface area contributed by atoms with Crippen LogP contribution in [0.3, 0.4) is 0 Å². The fraction of sp³-hybridized carbons (Fsp3) is 0.357. The molecule has 0 unspecified atom stereocenters. The lowest BCUT2D eigenvalue weighted by atomic mass is 10.1. The molecule has 0 bridgehead atoms. The van der Waals surface area contributed by atoms with Gasteiger partial charge in [0, 0.05) is 24.8 Å². The van der Waals surface area contributed by atoms with Gasteiger partial charge in [0.1, 0.15) is 0 Å². The van der Waals surface area contributed by atoms with E-state index in [9.17, 15) is 18.0 Å². The normalized spacial score (nSPS) is 14.5. The Morgan fingerprint density at radius 1 is 1.10 bits per heavy atom. The maximum Gasteiger partial charge on any atom is 0.351 e. The molecule has 0 aliphatic carbocycles. The molecule has 2 heterocycles.